The quantitative estimate of drug-likeness (QED) is 0.223. The van der Waals surface area contributed by atoms with Crippen molar-refractivity contribution in [3.63, 3.8) is 0 Å². The number of nitrogens with zero attached hydrogens (tertiary/aromatic N) is 3. The number of aromatic nitrogens is 2. The van der Waals surface area contributed by atoms with Crippen molar-refractivity contribution in [2.24, 2.45) is 5.10 Å². The van der Waals surface area contributed by atoms with Crippen LogP contribution in [0.15, 0.2) is 64.5 Å². The van der Waals surface area contributed by atoms with E-state index in [1.54, 1.807) is 43.5 Å². The molecule has 1 aromatic heterocycles. The molecule has 9 nitrogen and oxygen atoms in total. The summed E-state index contributed by atoms with van der Waals surface area (Å²) in [5, 5.41) is 5.01. The lowest BCUT2D eigenvalue weighted by Gasteiger charge is -2.17. The number of carbonyl (C=O) groups is 1. The van der Waals surface area contributed by atoms with Crippen molar-refractivity contribution in [2.45, 2.75) is 26.7 Å². The first kappa shape index (κ1) is 27.4. The van der Waals surface area contributed by atoms with Crippen LogP contribution in [0.4, 0.5) is 0 Å². The summed E-state index contributed by atoms with van der Waals surface area (Å²) in [5.74, 6) is 1.48. The Morgan fingerprint density at radius 3 is 2.46 bits per heavy atom. The van der Waals surface area contributed by atoms with Gasteiger partial charge in [0.15, 0.2) is 23.9 Å². The summed E-state index contributed by atoms with van der Waals surface area (Å²) in [6, 6.07) is 16.3. The summed E-state index contributed by atoms with van der Waals surface area (Å²) < 4.78 is 22.7. The fourth-order valence-electron chi connectivity index (χ4n) is 4.23. The molecule has 0 aliphatic carbocycles. The van der Waals surface area contributed by atoms with Gasteiger partial charge in [-0.3, -0.25) is 4.79 Å². The van der Waals surface area contributed by atoms with Crippen molar-refractivity contribution < 1.29 is 23.7 Å². The molecule has 9 heteroatoms. The average molecular weight is 530 g/mol. The molecular formula is C30H31N3O6. The summed E-state index contributed by atoms with van der Waals surface area (Å²) in [6.07, 6.45) is 1.48. The van der Waals surface area contributed by atoms with E-state index in [0.717, 1.165) is 22.4 Å². The van der Waals surface area contributed by atoms with Gasteiger partial charge in [0.05, 0.1) is 38.4 Å². The van der Waals surface area contributed by atoms with Crippen LogP contribution in [0, 0.1) is 6.92 Å². The van der Waals surface area contributed by atoms with Crippen LogP contribution in [0.25, 0.3) is 22.3 Å². The SMILES string of the molecule is COC(=O)COc1c(C=Nn2c(-c3cc(C(C)C)c(OC)cc3C)nc3ccccc3c2=O)cccc1OC. The first-order chi connectivity index (χ1) is 18.8. The van der Waals surface area contributed by atoms with Crippen LogP contribution < -0.4 is 19.8 Å². The molecule has 0 spiro atoms. The van der Waals surface area contributed by atoms with Crippen molar-refractivity contribution in [2.75, 3.05) is 27.9 Å². The zero-order valence-corrected chi connectivity index (χ0v) is 22.8. The van der Waals surface area contributed by atoms with Crippen LogP contribution in [0.2, 0.25) is 0 Å². The van der Waals surface area contributed by atoms with Crippen molar-refractivity contribution in [3.8, 4) is 28.6 Å². The highest BCUT2D eigenvalue weighted by molar-refractivity contribution is 5.86. The number of hydrogen-bond acceptors (Lipinski definition) is 8. The van der Waals surface area contributed by atoms with Crippen molar-refractivity contribution >= 4 is 23.1 Å². The van der Waals surface area contributed by atoms with Gasteiger partial charge < -0.3 is 18.9 Å². The van der Waals surface area contributed by atoms with Gasteiger partial charge in [-0.15, -0.1) is 0 Å². The number of hydrogen-bond donors (Lipinski definition) is 0. The van der Waals surface area contributed by atoms with Gasteiger partial charge in [-0.05, 0) is 60.4 Å². The lowest BCUT2D eigenvalue weighted by atomic mass is 9.96. The Hall–Kier alpha value is -4.66. The van der Waals surface area contributed by atoms with Gasteiger partial charge in [0.2, 0.25) is 0 Å². The first-order valence-electron chi connectivity index (χ1n) is 12.4. The maximum atomic E-state index is 13.7. The number of para-hydroxylation sites is 2. The van der Waals surface area contributed by atoms with Crippen molar-refractivity contribution in [3.05, 3.63) is 81.6 Å². The molecule has 3 aromatic carbocycles. The Labute approximate surface area is 226 Å². The molecule has 0 aliphatic heterocycles. The molecular weight excluding hydrogens is 498 g/mol. The maximum Gasteiger partial charge on any atom is 0.343 e. The monoisotopic (exact) mass is 529 g/mol. The van der Waals surface area contributed by atoms with E-state index < -0.39 is 5.97 Å². The second kappa shape index (κ2) is 11.8. The standard InChI is InChI=1S/C30H31N3O6/c1-18(2)22-15-23(19(3)14-26(22)37-5)29-32-24-12-8-7-11-21(24)30(35)33(29)31-16-20-10-9-13-25(36-4)28(20)39-17-27(34)38-6/h7-16,18H,17H2,1-6H3. The van der Waals surface area contributed by atoms with E-state index in [0.29, 0.717) is 33.8 Å². The van der Waals surface area contributed by atoms with Gasteiger partial charge in [0.25, 0.3) is 5.56 Å². The zero-order valence-electron chi connectivity index (χ0n) is 22.8. The van der Waals surface area contributed by atoms with Crippen molar-refractivity contribution in [1.29, 1.82) is 0 Å². The van der Waals surface area contributed by atoms with Gasteiger partial charge in [0.1, 0.15) is 5.75 Å². The molecule has 4 rings (SSSR count). The van der Waals surface area contributed by atoms with Crippen LogP contribution in [-0.4, -0.2) is 49.8 Å². The highest BCUT2D eigenvalue weighted by atomic mass is 16.6. The highest BCUT2D eigenvalue weighted by Gasteiger charge is 2.19. The molecule has 1 heterocycles. The predicted molar refractivity (Wildman–Crippen MR) is 150 cm³/mol. The number of benzene rings is 3. The van der Waals surface area contributed by atoms with Gasteiger partial charge in [0, 0.05) is 11.1 Å². The normalized spacial score (nSPS) is 11.3. The van der Waals surface area contributed by atoms with Gasteiger partial charge >= 0.3 is 5.97 Å². The van der Waals surface area contributed by atoms with Gasteiger partial charge in [-0.1, -0.05) is 32.0 Å². The fraction of sp³-hybridized carbons (Fsp3) is 0.267. The smallest absolute Gasteiger partial charge is 0.343 e. The predicted octanol–water partition coefficient (Wildman–Crippen LogP) is 4.95. The highest BCUT2D eigenvalue weighted by Crippen LogP contribution is 2.34. The number of methoxy groups -OCH3 is 3. The lowest BCUT2D eigenvalue weighted by molar-refractivity contribution is -0.142. The number of ether oxygens (including phenoxy) is 4. The average Bonchev–Trinajstić information content (AvgIpc) is 2.95. The minimum atomic E-state index is -0.544. The summed E-state index contributed by atoms with van der Waals surface area (Å²) in [7, 11) is 4.42. The fourth-order valence-corrected chi connectivity index (χ4v) is 4.23. The van der Waals surface area contributed by atoms with E-state index in [9.17, 15) is 9.59 Å². The van der Waals surface area contributed by atoms with Crippen LogP contribution in [0.5, 0.6) is 17.2 Å². The topological polar surface area (TPSA) is 101 Å². The zero-order chi connectivity index (χ0) is 28.1. The molecule has 0 atom stereocenters. The number of fused-ring (bicyclic) bond motifs is 1. The minimum Gasteiger partial charge on any atom is -0.496 e. The van der Waals surface area contributed by atoms with Crippen LogP contribution in [-0.2, 0) is 9.53 Å². The minimum absolute atomic E-state index is 0.176. The molecule has 4 aromatic rings. The number of aryl methyl sites for hydroxylation is 1. The molecule has 0 N–H and O–H groups in total. The van der Waals surface area contributed by atoms with Crippen LogP contribution in [0.1, 0.15) is 36.5 Å². The Morgan fingerprint density at radius 2 is 1.77 bits per heavy atom. The van der Waals surface area contributed by atoms with E-state index in [2.05, 4.69) is 23.7 Å². The third-order valence-electron chi connectivity index (χ3n) is 6.30. The molecule has 0 bridgehead atoms. The Balaban J connectivity index is 1.93. The maximum absolute atomic E-state index is 13.7. The largest absolute Gasteiger partial charge is 0.496 e. The lowest BCUT2D eigenvalue weighted by Crippen LogP contribution is -2.21. The molecule has 0 unspecified atom stereocenters. The first-order valence-corrected chi connectivity index (χ1v) is 12.4. The van der Waals surface area contributed by atoms with Crippen LogP contribution >= 0.6 is 0 Å². The van der Waals surface area contributed by atoms with Crippen molar-refractivity contribution in [1.82, 2.24) is 9.66 Å². The van der Waals surface area contributed by atoms with E-state index in [1.165, 1.54) is 25.1 Å². The molecule has 0 saturated carbocycles. The third-order valence-corrected chi connectivity index (χ3v) is 6.30. The summed E-state index contributed by atoms with van der Waals surface area (Å²) in [5.41, 5.74) is 3.36. The molecule has 39 heavy (non-hydrogen) atoms. The van der Waals surface area contributed by atoms with Crippen LogP contribution in [0.3, 0.4) is 0 Å². The van der Waals surface area contributed by atoms with E-state index in [4.69, 9.17) is 19.2 Å². The summed E-state index contributed by atoms with van der Waals surface area (Å²) in [4.78, 5) is 30.3. The molecule has 0 fully saturated rings. The molecule has 0 amide bonds. The molecule has 0 radical (unpaired) electrons. The Kier molecular flexibility index (Phi) is 8.29. The molecule has 202 valence electrons. The molecule has 0 saturated heterocycles. The summed E-state index contributed by atoms with van der Waals surface area (Å²) in [6.45, 7) is 5.78. The number of rotatable bonds is 9. The van der Waals surface area contributed by atoms with E-state index in [1.807, 2.05) is 25.1 Å². The number of esters is 1. The summed E-state index contributed by atoms with van der Waals surface area (Å²) >= 11 is 0. The molecule has 0 aliphatic rings. The van der Waals surface area contributed by atoms with Gasteiger partial charge in [-0.25, -0.2) is 9.78 Å². The van der Waals surface area contributed by atoms with E-state index >= 15 is 0 Å². The number of carbonyl (C=O) groups excluding carboxylic acids is 1. The van der Waals surface area contributed by atoms with Gasteiger partial charge in [-0.2, -0.15) is 9.78 Å². The van der Waals surface area contributed by atoms with E-state index in [-0.39, 0.29) is 18.1 Å². The third kappa shape index (κ3) is 5.62. The Bertz CT molecular complexity index is 1610. The second-order valence-corrected chi connectivity index (χ2v) is 9.12. The second-order valence-electron chi connectivity index (χ2n) is 9.12. The Morgan fingerprint density at radius 1 is 1.03 bits per heavy atom.